The third kappa shape index (κ3) is 12.8. The predicted octanol–water partition coefficient (Wildman–Crippen LogP) is 8.47. The van der Waals surface area contributed by atoms with Crippen LogP contribution in [0.25, 0.3) is 0 Å². The molecule has 34 heavy (non-hydrogen) atoms. The highest BCUT2D eigenvalue weighted by Gasteiger charge is 2.37. The van der Waals surface area contributed by atoms with Gasteiger partial charge >= 0.3 is 0 Å². The Morgan fingerprint density at radius 2 is 1.76 bits per heavy atom. The topological polar surface area (TPSA) is 15.7 Å². The molecule has 0 amide bonds. The van der Waals surface area contributed by atoms with Crippen LogP contribution in [0.3, 0.4) is 0 Å². The second kappa shape index (κ2) is 17.0. The molecule has 1 fully saturated rings. The van der Waals surface area contributed by atoms with E-state index in [1.54, 1.807) is 7.11 Å². The molecule has 1 saturated carbocycles. The van der Waals surface area contributed by atoms with Gasteiger partial charge in [0, 0.05) is 32.9 Å². The molecule has 3 nitrogen and oxygen atoms in total. The van der Waals surface area contributed by atoms with Crippen LogP contribution in [0.1, 0.15) is 94.4 Å². The molecule has 198 valence electrons. The summed E-state index contributed by atoms with van der Waals surface area (Å²) in [4.78, 5) is 4.87. The molecule has 0 saturated heterocycles. The summed E-state index contributed by atoms with van der Waals surface area (Å²) in [5, 5.41) is 0. The molecule has 3 heteroatoms. The zero-order valence-electron chi connectivity index (χ0n) is 24.7. The van der Waals surface area contributed by atoms with Gasteiger partial charge in [0.05, 0.1) is 13.4 Å². The maximum absolute atomic E-state index is 5.17. The number of ether oxygens (including phenoxy) is 1. The molecule has 0 aromatic carbocycles. The monoisotopic (exact) mass is 474 g/mol. The van der Waals surface area contributed by atoms with E-state index in [9.17, 15) is 0 Å². The van der Waals surface area contributed by atoms with Crippen molar-refractivity contribution in [2.24, 2.45) is 16.7 Å². The number of hydrogen-bond donors (Lipinski definition) is 0. The van der Waals surface area contributed by atoms with Crippen molar-refractivity contribution >= 4 is 0 Å². The van der Waals surface area contributed by atoms with Crippen molar-refractivity contribution in [1.82, 2.24) is 9.80 Å². The van der Waals surface area contributed by atoms with Crippen LogP contribution in [0.5, 0.6) is 0 Å². The molecule has 0 radical (unpaired) electrons. The van der Waals surface area contributed by atoms with Crippen LogP contribution in [-0.2, 0) is 4.74 Å². The van der Waals surface area contributed by atoms with Gasteiger partial charge in [0.25, 0.3) is 0 Å². The second-order valence-electron chi connectivity index (χ2n) is 11.0. The van der Waals surface area contributed by atoms with Crippen LogP contribution in [0.4, 0.5) is 0 Å². The van der Waals surface area contributed by atoms with E-state index < -0.39 is 0 Å². The van der Waals surface area contributed by atoms with Gasteiger partial charge in [0.1, 0.15) is 0 Å². The van der Waals surface area contributed by atoms with Gasteiger partial charge < -0.3 is 9.64 Å². The van der Waals surface area contributed by atoms with E-state index in [1.807, 2.05) is 20.1 Å². The lowest BCUT2D eigenvalue weighted by molar-refractivity contribution is 0.172. The lowest BCUT2D eigenvalue weighted by atomic mass is 9.71. The van der Waals surface area contributed by atoms with Gasteiger partial charge in [0.15, 0.2) is 0 Å². The van der Waals surface area contributed by atoms with Gasteiger partial charge in [-0.05, 0) is 74.0 Å². The summed E-state index contributed by atoms with van der Waals surface area (Å²) in [6.07, 6.45) is 19.6. The SMILES string of the molecule is CC.C\C=C/C=C\C(=C\N(C)CCN(CC)C/C(C)=C/OC)C1CCC(C)(CC)CC(C)(C)C1. The molecule has 1 rings (SSSR count). The van der Waals surface area contributed by atoms with Crippen LogP contribution >= 0.6 is 0 Å². The molecule has 0 aliphatic heterocycles. The van der Waals surface area contributed by atoms with Gasteiger partial charge in [0.2, 0.25) is 0 Å². The average molecular weight is 475 g/mol. The Balaban J connectivity index is 0.00000529. The summed E-state index contributed by atoms with van der Waals surface area (Å²) in [6.45, 7) is 24.4. The molecule has 0 N–H and O–H groups in total. The third-order valence-corrected chi connectivity index (χ3v) is 7.10. The number of allylic oxidation sites excluding steroid dienone is 5. The molecule has 0 aromatic heterocycles. The van der Waals surface area contributed by atoms with Crippen molar-refractivity contribution in [3.05, 3.63) is 47.9 Å². The first kappa shape index (κ1) is 32.5. The van der Waals surface area contributed by atoms with Crippen LogP contribution < -0.4 is 0 Å². The number of likely N-dealkylation sites (N-methyl/N-ethyl adjacent to an activating group) is 2. The van der Waals surface area contributed by atoms with Gasteiger partial charge in [-0.1, -0.05) is 79.2 Å². The first-order chi connectivity index (χ1) is 16.1. The quantitative estimate of drug-likeness (QED) is 0.160. The summed E-state index contributed by atoms with van der Waals surface area (Å²) in [5.41, 5.74) is 3.60. The largest absolute Gasteiger partial charge is 0.504 e. The zero-order chi connectivity index (χ0) is 26.2. The summed E-state index contributed by atoms with van der Waals surface area (Å²) in [7, 11) is 3.95. The predicted molar refractivity (Wildman–Crippen MR) is 153 cm³/mol. The maximum Gasteiger partial charge on any atom is 0.0826 e. The van der Waals surface area contributed by atoms with E-state index in [4.69, 9.17) is 4.74 Å². The highest BCUT2D eigenvalue weighted by atomic mass is 16.5. The number of methoxy groups -OCH3 is 1. The normalized spacial score (nSPS) is 23.7. The zero-order valence-corrected chi connectivity index (χ0v) is 24.7. The highest BCUT2D eigenvalue weighted by Crippen LogP contribution is 2.49. The molecule has 2 atom stereocenters. The van der Waals surface area contributed by atoms with E-state index in [0.717, 1.165) is 26.2 Å². The lowest BCUT2D eigenvalue weighted by Crippen LogP contribution is -2.32. The van der Waals surface area contributed by atoms with Crippen molar-refractivity contribution in [3.63, 3.8) is 0 Å². The van der Waals surface area contributed by atoms with Crippen LogP contribution in [-0.4, -0.2) is 50.1 Å². The fourth-order valence-electron chi connectivity index (χ4n) is 5.31. The maximum atomic E-state index is 5.17. The highest BCUT2D eigenvalue weighted by molar-refractivity contribution is 5.25. The van der Waals surface area contributed by atoms with Crippen LogP contribution in [0.15, 0.2) is 47.9 Å². The number of hydrogen-bond acceptors (Lipinski definition) is 3. The third-order valence-electron chi connectivity index (χ3n) is 7.10. The molecule has 0 bridgehead atoms. The Bertz CT molecular complexity index is 658. The minimum absolute atomic E-state index is 0.377. The molecule has 1 aliphatic carbocycles. The Morgan fingerprint density at radius 1 is 1.09 bits per heavy atom. The summed E-state index contributed by atoms with van der Waals surface area (Å²) in [6, 6.07) is 0. The van der Waals surface area contributed by atoms with Crippen molar-refractivity contribution in [2.75, 3.05) is 40.3 Å². The molecule has 0 heterocycles. The molecule has 2 unspecified atom stereocenters. The molecular weight excluding hydrogens is 416 g/mol. The van der Waals surface area contributed by atoms with Crippen molar-refractivity contribution in [2.45, 2.75) is 94.4 Å². The first-order valence-electron chi connectivity index (χ1n) is 13.7. The standard InChI is InChI=1S/C29H52N2O.C2H6/c1-10-13-14-15-27(26-16-17-29(7,11-2)24-28(5,6)20-26)22-30(8)18-19-31(12-3)21-25(4)23-32-9;1-2/h10,13-15,22-23,26H,11-12,16-21,24H2,1-9H3;1-2H3/b13-10-,15-14-,25-23+,27-22-;. The molecule has 1 aliphatic rings. The van der Waals surface area contributed by atoms with Gasteiger partial charge in [-0.15, -0.1) is 0 Å². The average Bonchev–Trinajstić information content (AvgIpc) is 2.92. The number of nitrogens with zero attached hydrogens (tertiary/aromatic N) is 2. The minimum atomic E-state index is 0.377. The molecular formula is C31H58N2O. The van der Waals surface area contributed by atoms with E-state index in [0.29, 0.717) is 16.7 Å². The summed E-state index contributed by atoms with van der Waals surface area (Å²) >= 11 is 0. The van der Waals surface area contributed by atoms with E-state index >= 15 is 0 Å². The van der Waals surface area contributed by atoms with E-state index in [-0.39, 0.29) is 0 Å². The second-order valence-corrected chi connectivity index (χ2v) is 11.0. The van der Waals surface area contributed by atoms with Gasteiger partial charge in [-0.3, -0.25) is 4.90 Å². The van der Waals surface area contributed by atoms with E-state index in [1.165, 1.54) is 43.3 Å². The summed E-state index contributed by atoms with van der Waals surface area (Å²) < 4.78 is 5.17. The smallest absolute Gasteiger partial charge is 0.0826 e. The summed E-state index contributed by atoms with van der Waals surface area (Å²) in [5.74, 6) is 0.622. The lowest BCUT2D eigenvalue weighted by Gasteiger charge is -2.34. The first-order valence-corrected chi connectivity index (χ1v) is 13.7. The number of rotatable bonds is 12. The van der Waals surface area contributed by atoms with Crippen molar-refractivity contribution < 1.29 is 4.74 Å². The van der Waals surface area contributed by atoms with Crippen LogP contribution in [0, 0.1) is 16.7 Å². The fourth-order valence-corrected chi connectivity index (χ4v) is 5.31. The van der Waals surface area contributed by atoms with Crippen LogP contribution in [0.2, 0.25) is 0 Å². The molecule has 0 spiro atoms. The van der Waals surface area contributed by atoms with Gasteiger partial charge in [-0.2, -0.15) is 0 Å². The Hall–Kier alpha value is -1.48. The Morgan fingerprint density at radius 3 is 2.32 bits per heavy atom. The Kier molecular flexibility index (Phi) is 16.3. The minimum Gasteiger partial charge on any atom is -0.504 e. The molecule has 0 aromatic rings. The van der Waals surface area contributed by atoms with E-state index in [2.05, 4.69) is 95.8 Å². The van der Waals surface area contributed by atoms with Crippen molar-refractivity contribution in [3.8, 4) is 0 Å². The van der Waals surface area contributed by atoms with Gasteiger partial charge in [-0.25, -0.2) is 0 Å². The van der Waals surface area contributed by atoms with Crippen molar-refractivity contribution in [1.29, 1.82) is 0 Å². The fraction of sp³-hybridized carbons (Fsp3) is 0.742. The Labute approximate surface area is 214 Å².